The number of methoxy groups -OCH3 is 1. The van der Waals surface area contributed by atoms with Gasteiger partial charge in [0.05, 0.1) is 20.2 Å². The van der Waals surface area contributed by atoms with E-state index >= 15 is 0 Å². The molecule has 0 aromatic rings. The summed E-state index contributed by atoms with van der Waals surface area (Å²) in [6, 6.07) is 0. The van der Waals surface area contributed by atoms with Gasteiger partial charge >= 0.3 is 5.97 Å². The fourth-order valence-electron chi connectivity index (χ4n) is 1.11. The zero-order valence-electron chi connectivity index (χ0n) is 8.43. The van der Waals surface area contributed by atoms with Crippen molar-refractivity contribution in [2.75, 3.05) is 26.0 Å². The SMILES string of the molecule is COC(=O)CS(=O)(=O)N1CC(=O)NC(=O)C1. The summed E-state index contributed by atoms with van der Waals surface area (Å²) in [6.07, 6.45) is 0. The molecule has 90 valence electrons. The van der Waals surface area contributed by atoms with E-state index in [2.05, 4.69) is 4.74 Å². The summed E-state index contributed by atoms with van der Waals surface area (Å²) in [7, 11) is -2.94. The molecule has 0 radical (unpaired) electrons. The molecule has 1 saturated heterocycles. The average molecular weight is 250 g/mol. The molecule has 1 aliphatic rings. The van der Waals surface area contributed by atoms with Crippen LogP contribution in [0.2, 0.25) is 0 Å². The van der Waals surface area contributed by atoms with Crippen molar-refractivity contribution in [3.63, 3.8) is 0 Å². The number of esters is 1. The van der Waals surface area contributed by atoms with Crippen molar-refractivity contribution in [2.24, 2.45) is 0 Å². The summed E-state index contributed by atoms with van der Waals surface area (Å²) in [5.74, 6) is -3.27. The molecule has 0 atom stereocenters. The monoisotopic (exact) mass is 250 g/mol. The molecule has 1 rings (SSSR count). The Labute approximate surface area is 91.6 Å². The Balaban J connectivity index is 2.79. The lowest BCUT2D eigenvalue weighted by atomic mass is 10.4. The Morgan fingerprint density at radius 3 is 2.31 bits per heavy atom. The first-order valence-corrected chi connectivity index (χ1v) is 5.83. The number of ether oxygens (including phenoxy) is 1. The van der Waals surface area contributed by atoms with Gasteiger partial charge in [0, 0.05) is 0 Å². The normalized spacial score (nSPS) is 18.1. The number of carbonyl (C=O) groups is 3. The Morgan fingerprint density at radius 1 is 1.38 bits per heavy atom. The number of sulfonamides is 1. The Kier molecular flexibility index (Phi) is 3.60. The molecule has 1 heterocycles. The zero-order chi connectivity index (χ0) is 12.3. The maximum absolute atomic E-state index is 11.5. The number of nitrogens with one attached hydrogen (secondary N) is 1. The number of piperazine rings is 1. The van der Waals surface area contributed by atoms with E-state index < -0.39 is 46.6 Å². The number of nitrogens with zero attached hydrogens (tertiary/aromatic N) is 1. The van der Waals surface area contributed by atoms with Gasteiger partial charge in [0.2, 0.25) is 21.8 Å². The van der Waals surface area contributed by atoms with Crippen molar-refractivity contribution in [3.05, 3.63) is 0 Å². The van der Waals surface area contributed by atoms with Gasteiger partial charge in [0.25, 0.3) is 0 Å². The van der Waals surface area contributed by atoms with E-state index in [0.29, 0.717) is 4.31 Å². The van der Waals surface area contributed by atoms with E-state index in [1.165, 1.54) is 0 Å². The summed E-state index contributed by atoms with van der Waals surface area (Å²) in [6.45, 7) is -0.934. The topological polar surface area (TPSA) is 110 Å². The molecular weight excluding hydrogens is 240 g/mol. The van der Waals surface area contributed by atoms with Crippen LogP contribution in [0.15, 0.2) is 0 Å². The van der Waals surface area contributed by atoms with Crippen molar-refractivity contribution < 1.29 is 27.5 Å². The minimum atomic E-state index is -3.98. The van der Waals surface area contributed by atoms with Crippen molar-refractivity contribution in [3.8, 4) is 0 Å². The van der Waals surface area contributed by atoms with Crippen LogP contribution in [0, 0.1) is 0 Å². The lowest BCUT2D eigenvalue weighted by molar-refractivity contribution is -0.138. The number of imide groups is 1. The predicted octanol–water partition coefficient (Wildman–Crippen LogP) is -2.55. The molecule has 0 saturated carbocycles. The number of carbonyl (C=O) groups excluding carboxylic acids is 3. The molecule has 0 unspecified atom stereocenters. The summed E-state index contributed by atoms with van der Waals surface area (Å²) in [4.78, 5) is 32.7. The van der Waals surface area contributed by atoms with Crippen molar-refractivity contribution in [2.45, 2.75) is 0 Å². The molecule has 0 aromatic carbocycles. The van der Waals surface area contributed by atoms with E-state index in [-0.39, 0.29) is 0 Å². The van der Waals surface area contributed by atoms with Crippen LogP contribution in [0.3, 0.4) is 0 Å². The quantitative estimate of drug-likeness (QED) is 0.436. The number of amides is 2. The molecule has 2 amide bonds. The molecule has 0 bridgehead atoms. The van der Waals surface area contributed by atoms with E-state index in [0.717, 1.165) is 7.11 Å². The lowest BCUT2D eigenvalue weighted by Gasteiger charge is -2.24. The van der Waals surface area contributed by atoms with Gasteiger partial charge in [-0.2, -0.15) is 4.31 Å². The first-order chi connectivity index (χ1) is 7.35. The summed E-state index contributed by atoms with van der Waals surface area (Å²) in [5, 5.41) is 1.95. The van der Waals surface area contributed by atoms with Crippen molar-refractivity contribution in [1.29, 1.82) is 0 Å². The number of hydrogen-bond acceptors (Lipinski definition) is 6. The highest BCUT2D eigenvalue weighted by Crippen LogP contribution is 2.04. The van der Waals surface area contributed by atoms with Crippen LogP contribution < -0.4 is 5.32 Å². The maximum atomic E-state index is 11.5. The third-order valence-electron chi connectivity index (χ3n) is 1.84. The van der Waals surface area contributed by atoms with E-state index in [4.69, 9.17) is 0 Å². The number of hydrogen-bond donors (Lipinski definition) is 1. The van der Waals surface area contributed by atoms with E-state index in [9.17, 15) is 22.8 Å². The van der Waals surface area contributed by atoms with Crippen molar-refractivity contribution >= 4 is 27.8 Å². The van der Waals surface area contributed by atoms with Gasteiger partial charge in [0.15, 0.2) is 5.75 Å². The molecule has 0 aliphatic carbocycles. The zero-order valence-corrected chi connectivity index (χ0v) is 9.24. The molecule has 8 nitrogen and oxygen atoms in total. The minimum absolute atomic E-state index is 0.467. The first-order valence-electron chi connectivity index (χ1n) is 4.22. The van der Waals surface area contributed by atoms with Crippen LogP contribution in [0.5, 0.6) is 0 Å². The smallest absolute Gasteiger partial charge is 0.322 e. The predicted molar refractivity (Wildman–Crippen MR) is 50.5 cm³/mol. The molecule has 1 fully saturated rings. The highest BCUT2D eigenvalue weighted by molar-refractivity contribution is 7.89. The highest BCUT2D eigenvalue weighted by Gasteiger charge is 2.33. The molecule has 0 aromatic heterocycles. The van der Waals surface area contributed by atoms with E-state index in [1.807, 2.05) is 5.32 Å². The van der Waals surface area contributed by atoms with Crippen molar-refractivity contribution in [1.82, 2.24) is 9.62 Å². The van der Waals surface area contributed by atoms with Crippen LogP contribution in [0.1, 0.15) is 0 Å². The van der Waals surface area contributed by atoms with Gasteiger partial charge in [-0.15, -0.1) is 0 Å². The van der Waals surface area contributed by atoms with Crippen LogP contribution in [-0.2, 0) is 29.1 Å². The van der Waals surface area contributed by atoms with Gasteiger partial charge in [0.1, 0.15) is 0 Å². The van der Waals surface area contributed by atoms with Gasteiger partial charge < -0.3 is 4.74 Å². The van der Waals surface area contributed by atoms with Gasteiger partial charge in [-0.3, -0.25) is 19.7 Å². The fraction of sp³-hybridized carbons (Fsp3) is 0.571. The van der Waals surface area contributed by atoms with Gasteiger partial charge in [-0.05, 0) is 0 Å². The summed E-state index contributed by atoms with van der Waals surface area (Å²) in [5.41, 5.74) is 0. The van der Waals surface area contributed by atoms with E-state index in [1.54, 1.807) is 0 Å². The standard InChI is InChI=1S/C7H10N2O6S/c1-15-7(12)4-16(13,14)9-2-5(10)8-6(11)3-9/h2-4H2,1H3,(H,8,10,11). The van der Waals surface area contributed by atoms with Crippen LogP contribution in [0.4, 0.5) is 0 Å². The summed E-state index contributed by atoms with van der Waals surface area (Å²) < 4.78 is 27.9. The Hall–Kier alpha value is -1.48. The average Bonchev–Trinajstić information content (AvgIpc) is 2.15. The third kappa shape index (κ3) is 3.00. The Bertz CT molecular complexity index is 412. The van der Waals surface area contributed by atoms with Crippen LogP contribution in [-0.4, -0.2) is 56.5 Å². The second kappa shape index (κ2) is 4.58. The number of rotatable bonds is 3. The van der Waals surface area contributed by atoms with Gasteiger partial charge in [-0.1, -0.05) is 0 Å². The van der Waals surface area contributed by atoms with Gasteiger partial charge in [-0.25, -0.2) is 8.42 Å². The van der Waals surface area contributed by atoms with Crippen LogP contribution in [0.25, 0.3) is 0 Å². The second-order valence-electron chi connectivity index (χ2n) is 3.07. The minimum Gasteiger partial charge on any atom is -0.468 e. The molecule has 1 N–H and O–H groups in total. The Morgan fingerprint density at radius 2 is 1.88 bits per heavy atom. The summed E-state index contributed by atoms with van der Waals surface area (Å²) >= 11 is 0. The maximum Gasteiger partial charge on any atom is 0.322 e. The lowest BCUT2D eigenvalue weighted by Crippen LogP contribution is -2.54. The first kappa shape index (κ1) is 12.6. The molecule has 9 heteroatoms. The molecular formula is C7H10N2O6S. The van der Waals surface area contributed by atoms with Crippen LogP contribution >= 0.6 is 0 Å². The fourth-order valence-corrected chi connectivity index (χ4v) is 2.33. The largest absolute Gasteiger partial charge is 0.468 e. The third-order valence-corrected chi connectivity index (χ3v) is 3.49. The molecule has 1 aliphatic heterocycles. The second-order valence-corrected chi connectivity index (χ2v) is 5.04. The molecule has 16 heavy (non-hydrogen) atoms. The molecule has 0 spiro atoms. The highest BCUT2D eigenvalue weighted by atomic mass is 32.2.